The van der Waals surface area contributed by atoms with Crippen molar-refractivity contribution in [3.05, 3.63) is 36.0 Å². The molecule has 0 bridgehead atoms. The average Bonchev–Trinajstić information content (AvgIpc) is 2.84. The molecule has 3 unspecified atom stereocenters. The Labute approximate surface area is 116 Å². The SMILES string of the molecule is CN1CC(C(=O)O)C(O)CC1c1cc2ccccc2[nH]1. The number of fused-ring (bicyclic) bond motifs is 1. The quantitative estimate of drug-likeness (QED) is 0.777. The van der Waals surface area contributed by atoms with Crippen molar-refractivity contribution < 1.29 is 15.0 Å². The number of carbonyl (C=O) groups is 1. The molecule has 20 heavy (non-hydrogen) atoms. The Balaban J connectivity index is 1.88. The Hall–Kier alpha value is -1.85. The maximum absolute atomic E-state index is 11.1. The molecule has 2 heterocycles. The lowest BCUT2D eigenvalue weighted by Gasteiger charge is -2.38. The topological polar surface area (TPSA) is 76.6 Å². The molecule has 3 atom stereocenters. The van der Waals surface area contributed by atoms with Crippen molar-refractivity contribution in [2.24, 2.45) is 5.92 Å². The monoisotopic (exact) mass is 274 g/mol. The fourth-order valence-corrected chi connectivity index (χ4v) is 3.01. The fourth-order valence-electron chi connectivity index (χ4n) is 3.01. The molecule has 1 aromatic heterocycles. The molecule has 1 aliphatic rings. The van der Waals surface area contributed by atoms with Gasteiger partial charge in [-0.3, -0.25) is 9.69 Å². The van der Waals surface area contributed by atoms with Gasteiger partial charge in [-0.25, -0.2) is 0 Å². The van der Waals surface area contributed by atoms with E-state index in [2.05, 4.69) is 11.1 Å². The van der Waals surface area contributed by atoms with Gasteiger partial charge in [0.1, 0.15) is 0 Å². The first kappa shape index (κ1) is 13.1. The second kappa shape index (κ2) is 4.92. The number of aliphatic hydroxyl groups is 1. The summed E-state index contributed by atoms with van der Waals surface area (Å²) in [5, 5.41) is 20.3. The van der Waals surface area contributed by atoms with Crippen molar-refractivity contribution in [1.82, 2.24) is 9.88 Å². The van der Waals surface area contributed by atoms with Crippen LogP contribution in [0.3, 0.4) is 0 Å². The molecular weight excluding hydrogens is 256 g/mol. The standard InChI is InChI=1S/C15H18N2O3/c1-17-8-10(15(19)20)14(18)7-13(17)12-6-9-4-2-3-5-11(9)16-12/h2-6,10,13-14,16,18H,7-8H2,1H3,(H,19,20). The summed E-state index contributed by atoms with van der Waals surface area (Å²) in [5.74, 6) is -1.64. The molecule has 106 valence electrons. The van der Waals surface area contributed by atoms with E-state index in [4.69, 9.17) is 5.11 Å². The smallest absolute Gasteiger partial charge is 0.310 e. The van der Waals surface area contributed by atoms with Crippen LogP contribution in [0.1, 0.15) is 18.2 Å². The maximum Gasteiger partial charge on any atom is 0.310 e. The zero-order chi connectivity index (χ0) is 14.3. The normalized spacial score (nSPS) is 27.8. The predicted octanol–water partition coefficient (Wildman–Crippen LogP) is 1.61. The first-order chi connectivity index (χ1) is 9.56. The number of carboxylic acids is 1. The highest BCUT2D eigenvalue weighted by atomic mass is 16.4. The highest BCUT2D eigenvalue weighted by Gasteiger charge is 2.37. The first-order valence-electron chi connectivity index (χ1n) is 6.75. The lowest BCUT2D eigenvalue weighted by Crippen LogP contribution is -2.46. The third-order valence-electron chi connectivity index (χ3n) is 4.17. The van der Waals surface area contributed by atoms with Crippen LogP contribution < -0.4 is 0 Å². The van der Waals surface area contributed by atoms with E-state index in [1.54, 1.807) is 0 Å². The molecule has 0 aliphatic carbocycles. The van der Waals surface area contributed by atoms with E-state index in [0.717, 1.165) is 16.6 Å². The number of aromatic amines is 1. The predicted molar refractivity (Wildman–Crippen MR) is 75.4 cm³/mol. The number of benzene rings is 1. The van der Waals surface area contributed by atoms with E-state index in [1.165, 1.54) is 0 Å². The molecule has 1 fully saturated rings. The minimum Gasteiger partial charge on any atom is -0.481 e. The van der Waals surface area contributed by atoms with Gasteiger partial charge in [-0.1, -0.05) is 18.2 Å². The van der Waals surface area contributed by atoms with Gasteiger partial charge in [-0.2, -0.15) is 0 Å². The van der Waals surface area contributed by atoms with Crippen LogP contribution >= 0.6 is 0 Å². The van der Waals surface area contributed by atoms with Gasteiger partial charge >= 0.3 is 5.97 Å². The van der Waals surface area contributed by atoms with Crippen LogP contribution in [0.25, 0.3) is 10.9 Å². The van der Waals surface area contributed by atoms with Crippen molar-refractivity contribution in [1.29, 1.82) is 0 Å². The van der Waals surface area contributed by atoms with Crippen molar-refractivity contribution in [3.8, 4) is 0 Å². The number of H-pyrrole nitrogens is 1. The van der Waals surface area contributed by atoms with Crippen LogP contribution in [0.4, 0.5) is 0 Å². The summed E-state index contributed by atoms with van der Waals surface area (Å²) in [5.41, 5.74) is 2.09. The Morgan fingerprint density at radius 1 is 1.40 bits per heavy atom. The van der Waals surface area contributed by atoms with Crippen LogP contribution in [0, 0.1) is 5.92 Å². The van der Waals surface area contributed by atoms with Gasteiger partial charge in [0.05, 0.1) is 18.1 Å². The number of hydrogen-bond donors (Lipinski definition) is 3. The fraction of sp³-hybridized carbons (Fsp3) is 0.400. The number of nitrogens with one attached hydrogen (secondary N) is 1. The molecule has 3 rings (SSSR count). The number of rotatable bonds is 2. The summed E-state index contributed by atoms with van der Waals surface area (Å²) >= 11 is 0. The number of nitrogens with zero attached hydrogens (tertiary/aromatic N) is 1. The van der Waals surface area contributed by atoms with E-state index < -0.39 is 18.0 Å². The lowest BCUT2D eigenvalue weighted by atomic mass is 9.89. The van der Waals surface area contributed by atoms with Crippen LogP contribution in [-0.4, -0.2) is 45.8 Å². The maximum atomic E-state index is 11.1. The number of aliphatic carboxylic acids is 1. The Morgan fingerprint density at radius 2 is 2.15 bits per heavy atom. The third-order valence-corrected chi connectivity index (χ3v) is 4.17. The number of hydrogen-bond acceptors (Lipinski definition) is 3. The molecule has 0 spiro atoms. The minimum atomic E-state index is -0.931. The second-order valence-corrected chi connectivity index (χ2v) is 5.52. The van der Waals surface area contributed by atoms with Gasteiger partial charge in [0.2, 0.25) is 0 Å². The molecule has 1 aliphatic heterocycles. The Morgan fingerprint density at radius 3 is 2.85 bits per heavy atom. The molecule has 2 aromatic rings. The van der Waals surface area contributed by atoms with Crippen LogP contribution in [-0.2, 0) is 4.79 Å². The average molecular weight is 274 g/mol. The van der Waals surface area contributed by atoms with Gasteiger partial charge in [0, 0.05) is 17.8 Å². The number of carboxylic acid groups (broad SMARTS) is 1. The minimum absolute atomic E-state index is 0.0213. The van der Waals surface area contributed by atoms with E-state index in [1.807, 2.05) is 36.2 Å². The molecule has 3 N–H and O–H groups in total. The summed E-state index contributed by atoms with van der Waals surface area (Å²) in [6.45, 7) is 0.358. The van der Waals surface area contributed by atoms with Crippen molar-refractivity contribution in [2.45, 2.75) is 18.6 Å². The molecule has 1 aromatic carbocycles. The second-order valence-electron chi connectivity index (χ2n) is 5.52. The Kier molecular flexibility index (Phi) is 3.23. The number of aliphatic hydroxyl groups excluding tert-OH is 1. The van der Waals surface area contributed by atoms with E-state index in [9.17, 15) is 9.90 Å². The van der Waals surface area contributed by atoms with Crippen LogP contribution in [0.5, 0.6) is 0 Å². The van der Waals surface area contributed by atoms with E-state index in [-0.39, 0.29) is 6.04 Å². The molecule has 1 saturated heterocycles. The zero-order valence-corrected chi connectivity index (χ0v) is 11.3. The van der Waals surface area contributed by atoms with Crippen molar-refractivity contribution in [3.63, 3.8) is 0 Å². The molecule has 0 radical (unpaired) electrons. The highest BCUT2D eigenvalue weighted by molar-refractivity contribution is 5.80. The number of piperidine rings is 1. The van der Waals surface area contributed by atoms with E-state index in [0.29, 0.717) is 13.0 Å². The van der Waals surface area contributed by atoms with Gasteiger partial charge in [0.25, 0.3) is 0 Å². The van der Waals surface area contributed by atoms with Gasteiger partial charge < -0.3 is 15.2 Å². The Bertz CT molecular complexity index is 604. The van der Waals surface area contributed by atoms with Gasteiger partial charge in [-0.15, -0.1) is 0 Å². The zero-order valence-electron chi connectivity index (χ0n) is 11.3. The summed E-state index contributed by atoms with van der Waals surface area (Å²) in [6.07, 6.45) is -0.375. The molecule has 0 amide bonds. The molecular formula is C15H18N2O3. The summed E-state index contributed by atoms with van der Waals surface area (Å²) in [6, 6.07) is 10.1. The van der Waals surface area contributed by atoms with Gasteiger partial charge in [-0.05, 0) is 31.0 Å². The summed E-state index contributed by atoms with van der Waals surface area (Å²) < 4.78 is 0. The molecule has 0 saturated carbocycles. The van der Waals surface area contributed by atoms with Crippen molar-refractivity contribution >= 4 is 16.9 Å². The molecule has 5 nitrogen and oxygen atoms in total. The third kappa shape index (κ3) is 2.19. The summed E-state index contributed by atoms with van der Waals surface area (Å²) in [7, 11) is 1.90. The largest absolute Gasteiger partial charge is 0.481 e. The van der Waals surface area contributed by atoms with Crippen LogP contribution in [0.15, 0.2) is 30.3 Å². The first-order valence-corrected chi connectivity index (χ1v) is 6.75. The number of para-hydroxylation sites is 1. The summed E-state index contributed by atoms with van der Waals surface area (Å²) in [4.78, 5) is 16.5. The number of aromatic nitrogens is 1. The van der Waals surface area contributed by atoms with Crippen LogP contribution in [0.2, 0.25) is 0 Å². The molecule has 5 heteroatoms. The van der Waals surface area contributed by atoms with Crippen molar-refractivity contribution in [2.75, 3.05) is 13.6 Å². The lowest BCUT2D eigenvalue weighted by molar-refractivity contribution is -0.150. The number of likely N-dealkylation sites (tertiary alicyclic amines) is 1. The highest BCUT2D eigenvalue weighted by Crippen LogP contribution is 2.33. The van der Waals surface area contributed by atoms with Gasteiger partial charge in [0.15, 0.2) is 0 Å². The van der Waals surface area contributed by atoms with E-state index >= 15 is 0 Å².